The van der Waals surface area contributed by atoms with Gasteiger partial charge in [-0.2, -0.15) is 15.0 Å². The molecule has 2 N–H and O–H groups in total. The molecule has 190 valence electrons. The number of aromatic nitrogens is 8. The third kappa shape index (κ3) is 5.40. The molecule has 1 unspecified atom stereocenters. The molecule has 4 heterocycles. The van der Waals surface area contributed by atoms with Gasteiger partial charge in [-0.3, -0.25) is 18.5 Å². The number of amides is 1. The highest BCUT2D eigenvalue weighted by Crippen LogP contribution is 2.25. The van der Waals surface area contributed by atoms with Crippen molar-refractivity contribution in [1.82, 2.24) is 39.6 Å². The third-order valence-electron chi connectivity index (χ3n) is 5.91. The van der Waals surface area contributed by atoms with E-state index in [0.29, 0.717) is 41.3 Å². The van der Waals surface area contributed by atoms with Gasteiger partial charge in [0, 0.05) is 57.5 Å². The minimum Gasteiger partial charge on any atom is -0.322 e. The lowest BCUT2D eigenvalue weighted by atomic mass is 10.1. The van der Waals surface area contributed by atoms with E-state index in [2.05, 4.69) is 30.9 Å². The van der Waals surface area contributed by atoms with E-state index in [1.165, 1.54) is 11.1 Å². The van der Waals surface area contributed by atoms with Crippen LogP contribution in [0.2, 0.25) is 0 Å². The first-order chi connectivity index (χ1) is 17.7. The van der Waals surface area contributed by atoms with Crippen LogP contribution in [0.1, 0.15) is 22.3 Å². The van der Waals surface area contributed by atoms with Crippen LogP contribution in [-0.2, 0) is 23.3 Å². The minimum atomic E-state index is -2.51. The van der Waals surface area contributed by atoms with E-state index in [-0.39, 0.29) is 5.91 Å². The Kier molecular flexibility index (Phi) is 6.29. The van der Waals surface area contributed by atoms with Crippen molar-refractivity contribution in [2.75, 3.05) is 17.3 Å². The zero-order valence-corrected chi connectivity index (χ0v) is 21.4. The van der Waals surface area contributed by atoms with Crippen molar-refractivity contribution >= 4 is 26.8 Å². The molecule has 0 saturated heterocycles. The van der Waals surface area contributed by atoms with Crippen LogP contribution in [0.25, 0.3) is 28.0 Å². The molecule has 0 fully saturated rings. The van der Waals surface area contributed by atoms with Gasteiger partial charge in [-0.1, -0.05) is 12.1 Å². The molecular weight excluding hydrogens is 492 g/mol. The van der Waals surface area contributed by atoms with Crippen LogP contribution >= 0.6 is 0 Å². The Labute approximate surface area is 213 Å². The monoisotopic (exact) mass is 518 g/mol. The van der Waals surface area contributed by atoms with Crippen LogP contribution in [0, 0.1) is 11.7 Å². The Balaban J connectivity index is 1.37. The van der Waals surface area contributed by atoms with Crippen LogP contribution in [0.3, 0.4) is 0 Å². The van der Waals surface area contributed by atoms with E-state index < -0.39 is 9.73 Å². The Morgan fingerprint density at radius 3 is 2.70 bits per heavy atom. The summed E-state index contributed by atoms with van der Waals surface area (Å²) in [6, 6.07) is 9.42. The molecular formula is C24H26N10O2S. The van der Waals surface area contributed by atoms with Crippen molar-refractivity contribution in [3.8, 4) is 22.5 Å². The van der Waals surface area contributed by atoms with Crippen molar-refractivity contribution in [2.45, 2.75) is 19.9 Å². The minimum absolute atomic E-state index is 0.284. The molecule has 12 nitrogen and oxygen atoms in total. The van der Waals surface area contributed by atoms with Crippen LogP contribution < -0.4 is 5.32 Å². The van der Waals surface area contributed by atoms with E-state index in [0.717, 1.165) is 22.3 Å². The molecule has 0 aliphatic rings. The molecule has 13 heteroatoms. The standard InChI is InChI=1S/C24H26N10O2S/c1-16-5-6-18(23-29-31-32(2)30-23)11-21(16)28-24(35)20-14-27-34-9-7-17(12-22(20)34)19-13-26-33(15-19)8-4-10-37(3,25)36/h5-7,9,11-15,25H,4,8,10H2,1-3H3,(H,28,35). The number of carbonyl (C=O) groups excluding carboxylic acids is 1. The van der Waals surface area contributed by atoms with Gasteiger partial charge in [0.25, 0.3) is 5.91 Å². The molecule has 0 saturated carbocycles. The second-order valence-corrected chi connectivity index (χ2v) is 11.4. The van der Waals surface area contributed by atoms with Crippen LogP contribution in [-0.4, -0.2) is 61.7 Å². The number of pyridine rings is 1. The Morgan fingerprint density at radius 1 is 1.11 bits per heavy atom. The van der Waals surface area contributed by atoms with Gasteiger partial charge in [0.2, 0.25) is 5.82 Å². The number of nitrogens with zero attached hydrogens (tertiary/aromatic N) is 8. The fraction of sp³-hybridized carbons (Fsp3) is 0.250. The molecule has 4 aromatic heterocycles. The number of hydrogen-bond acceptors (Lipinski definition) is 8. The molecule has 0 spiro atoms. The number of nitrogens with one attached hydrogen (secondary N) is 2. The fourth-order valence-electron chi connectivity index (χ4n) is 3.96. The first-order valence-corrected chi connectivity index (χ1v) is 13.7. The molecule has 0 bridgehead atoms. The van der Waals surface area contributed by atoms with Gasteiger partial charge in [-0.25, -0.2) is 4.52 Å². The highest BCUT2D eigenvalue weighted by molar-refractivity contribution is 7.91. The molecule has 1 aromatic carbocycles. The normalized spacial score (nSPS) is 13.1. The number of rotatable bonds is 8. The van der Waals surface area contributed by atoms with Crippen molar-refractivity contribution in [1.29, 1.82) is 4.78 Å². The highest BCUT2D eigenvalue weighted by atomic mass is 32.2. The summed E-state index contributed by atoms with van der Waals surface area (Å²) in [6.07, 6.45) is 9.06. The zero-order valence-electron chi connectivity index (χ0n) is 20.6. The first-order valence-electron chi connectivity index (χ1n) is 11.5. The Hall–Kier alpha value is -4.39. The van der Waals surface area contributed by atoms with Gasteiger partial charge in [0.1, 0.15) is 0 Å². The maximum atomic E-state index is 13.3. The van der Waals surface area contributed by atoms with Crippen molar-refractivity contribution in [3.05, 3.63) is 66.2 Å². The van der Waals surface area contributed by atoms with Crippen LogP contribution in [0.5, 0.6) is 0 Å². The van der Waals surface area contributed by atoms with Gasteiger partial charge < -0.3 is 5.32 Å². The second kappa shape index (κ2) is 9.58. The number of carbonyl (C=O) groups is 1. The zero-order chi connectivity index (χ0) is 26.2. The molecule has 1 atom stereocenters. The Morgan fingerprint density at radius 2 is 1.95 bits per heavy atom. The summed E-state index contributed by atoms with van der Waals surface area (Å²) in [4.78, 5) is 14.7. The van der Waals surface area contributed by atoms with Crippen LogP contribution in [0.4, 0.5) is 5.69 Å². The fourth-order valence-corrected chi connectivity index (χ4v) is 4.64. The number of benzene rings is 1. The van der Waals surface area contributed by atoms with E-state index in [4.69, 9.17) is 4.78 Å². The third-order valence-corrected chi connectivity index (χ3v) is 6.97. The summed E-state index contributed by atoms with van der Waals surface area (Å²) in [5.74, 6) is 0.524. The summed E-state index contributed by atoms with van der Waals surface area (Å²) in [7, 11) is -0.814. The molecule has 0 aliphatic heterocycles. The SMILES string of the molecule is Cc1ccc(-c2nnn(C)n2)cc1NC(=O)c1cnn2ccc(-c3cnn(CCCS(C)(=N)=O)c3)cc12. The quantitative estimate of drug-likeness (QED) is 0.321. The first kappa shape index (κ1) is 24.3. The summed E-state index contributed by atoms with van der Waals surface area (Å²) in [6.45, 7) is 2.49. The predicted molar refractivity (Wildman–Crippen MR) is 140 cm³/mol. The molecule has 5 aromatic rings. The summed E-state index contributed by atoms with van der Waals surface area (Å²) >= 11 is 0. The smallest absolute Gasteiger partial charge is 0.259 e. The van der Waals surface area contributed by atoms with E-state index in [1.807, 2.05) is 43.5 Å². The highest BCUT2D eigenvalue weighted by Gasteiger charge is 2.16. The van der Waals surface area contributed by atoms with Gasteiger partial charge in [-0.15, -0.1) is 10.2 Å². The van der Waals surface area contributed by atoms with E-state index >= 15 is 0 Å². The molecule has 0 aliphatic carbocycles. The van der Waals surface area contributed by atoms with E-state index in [9.17, 15) is 9.00 Å². The number of hydrogen-bond donors (Lipinski definition) is 2. The van der Waals surface area contributed by atoms with Crippen molar-refractivity contribution < 1.29 is 9.00 Å². The van der Waals surface area contributed by atoms with Gasteiger partial charge in [0.05, 0.1) is 30.5 Å². The molecule has 0 radical (unpaired) electrons. The second-order valence-electron chi connectivity index (χ2n) is 8.94. The largest absolute Gasteiger partial charge is 0.322 e. The average Bonchev–Trinajstić information content (AvgIpc) is 3.59. The number of aryl methyl sites for hydroxylation is 3. The Bertz CT molecular complexity index is 1710. The van der Waals surface area contributed by atoms with Gasteiger partial charge in [-0.05, 0) is 47.9 Å². The number of tetrazole rings is 1. The molecule has 1 amide bonds. The lowest BCUT2D eigenvalue weighted by molar-refractivity contribution is 0.102. The predicted octanol–water partition coefficient (Wildman–Crippen LogP) is 3.02. The summed E-state index contributed by atoms with van der Waals surface area (Å²) in [5, 5.41) is 23.8. The van der Waals surface area contributed by atoms with Gasteiger partial charge >= 0.3 is 0 Å². The van der Waals surface area contributed by atoms with Crippen molar-refractivity contribution in [3.63, 3.8) is 0 Å². The van der Waals surface area contributed by atoms with Crippen LogP contribution in [0.15, 0.2) is 55.1 Å². The maximum Gasteiger partial charge on any atom is 0.259 e. The number of anilines is 1. The lowest BCUT2D eigenvalue weighted by Crippen LogP contribution is -2.12. The average molecular weight is 519 g/mol. The van der Waals surface area contributed by atoms with E-state index in [1.54, 1.807) is 34.8 Å². The summed E-state index contributed by atoms with van der Waals surface area (Å²) in [5.41, 5.74) is 5.16. The lowest BCUT2D eigenvalue weighted by Gasteiger charge is -2.09. The summed E-state index contributed by atoms with van der Waals surface area (Å²) < 4.78 is 22.6. The topological polar surface area (TPSA) is 149 Å². The van der Waals surface area contributed by atoms with Crippen molar-refractivity contribution in [2.24, 2.45) is 7.05 Å². The number of fused-ring (bicyclic) bond motifs is 1. The van der Waals surface area contributed by atoms with Gasteiger partial charge in [0.15, 0.2) is 0 Å². The molecule has 5 rings (SSSR count). The maximum absolute atomic E-state index is 13.3. The molecule has 37 heavy (non-hydrogen) atoms.